The molecule has 90 valence electrons. The van der Waals surface area contributed by atoms with Crippen LogP contribution in [0.25, 0.3) is 0 Å². The van der Waals surface area contributed by atoms with Crippen molar-refractivity contribution in [3.05, 3.63) is 0 Å². The van der Waals surface area contributed by atoms with E-state index in [2.05, 4.69) is 4.74 Å². The number of ketones is 1. The zero-order chi connectivity index (χ0) is 12.1. The van der Waals surface area contributed by atoms with Gasteiger partial charge in [-0.15, -0.1) is 0 Å². The lowest BCUT2D eigenvalue weighted by Crippen LogP contribution is -2.38. The van der Waals surface area contributed by atoms with Crippen LogP contribution in [0.3, 0.4) is 0 Å². The summed E-state index contributed by atoms with van der Waals surface area (Å²) in [7, 11) is 0. The minimum atomic E-state index is -1.40. The number of esters is 2. The summed E-state index contributed by atoms with van der Waals surface area (Å²) in [5.74, 6) is -1.93. The van der Waals surface area contributed by atoms with Gasteiger partial charge in [0.05, 0.1) is 12.5 Å². The number of rotatable bonds is 5. The van der Waals surface area contributed by atoms with Crippen molar-refractivity contribution in [1.29, 1.82) is 0 Å². The van der Waals surface area contributed by atoms with E-state index in [1.807, 2.05) is 0 Å². The molecule has 5 heteroatoms. The second kappa shape index (κ2) is 5.63. The average molecular weight is 228 g/mol. The molecule has 0 amide bonds. The number of hydrogen-bond donors (Lipinski definition) is 0. The standard InChI is InChI=1S/C11H16O5/c1-3-15-11(14)9(7(2)12)16-10(13)8-5-4-6-8/h8-9H,3-6H2,1-2H3. The highest BCUT2D eigenvalue weighted by atomic mass is 16.6. The summed E-state index contributed by atoms with van der Waals surface area (Å²) in [6, 6.07) is 0. The van der Waals surface area contributed by atoms with Gasteiger partial charge >= 0.3 is 11.9 Å². The third-order valence-electron chi connectivity index (χ3n) is 2.54. The molecule has 0 spiro atoms. The summed E-state index contributed by atoms with van der Waals surface area (Å²) >= 11 is 0. The van der Waals surface area contributed by atoms with Crippen LogP contribution in [-0.4, -0.2) is 30.4 Å². The van der Waals surface area contributed by atoms with Crippen molar-refractivity contribution in [2.75, 3.05) is 6.61 Å². The lowest BCUT2D eigenvalue weighted by molar-refractivity contribution is -0.174. The zero-order valence-corrected chi connectivity index (χ0v) is 9.52. The van der Waals surface area contributed by atoms with E-state index in [0.717, 1.165) is 19.3 Å². The molecule has 0 radical (unpaired) electrons. The largest absolute Gasteiger partial charge is 0.463 e. The van der Waals surface area contributed by atoms with Gasteiger partial charge in [-0.05, 0) is 26.7 Å². The second-order valence-corrected chi connectivity index (χ2v) is 3.81. The smallest absolute Gasteiger partial charge is 0.355 e. The molecule has 0 heterocycles. The third kappa shape index (κ3) is 3.05. The lowest BCUT2D eigenvalue weighted by Gasteiger charge is -2.24. The van der Waals surface area contributed by atoms with Crippen LogP contribution in [0.4, 0.5) is 0 Å². The number of Topliss-reactive ketones (excluding diaryl/α,β-unsaturated/α-hetero) is 1. The van der Waals surface area contributed by atoms with Crippen molar-refractivity contribution in [3.8, 4) is 0 Å². The Bertz CT molecular complexity index is 293. The normalized spacial score (nSPS) is 17.1. The molecule has 1 atom stereocenters. The van der Waals surface area contributed by atoms with E-state index >= 15 is 0 Å². The maximum absolute atomic E-state index is 11.5. The average Bonchev–Trinajstić information content (AvgIpc) is 2.11. The first-order chi connectivity index (χ1) is 7.56. The van der Waals surface area contributed by atoms with Gasteiger partial charge in [0.1, 0.15) is 0 Å². The number of carbonyl (C=O) groups is 3. The molecule has 1 saturated carbocycles. The Balaban J connectivity index is 2.53. The number of ether oxygens (including phenoxy) is 2. The Morgan fingerprint density at radius 3 is 2.31 bits per heavy atom. The van der Waals surface area contributed by atoms with Gasteiger partial charge < -0.3 is 9.47 Å². The Morgan fingerprint density at radius 1 is 1.31 bits per heavy atom. The molecule has 0 aliphatic heterocycles. The predicted octanol–water partition coefficient (Wildman–Crippen LogP) is 0.850. The highest BCUT2D eigenvalue weighted by Gasteiger charge is 2.34. The lowest BCUT2D eigenvalue weighted by atomic mass is 9.85. The molecule has 1 aliphatic carbocycles. The molecule has 5 nitrogen and oxygen atoms in total. The van der Waals surface area contributed by atoms with Gasteiger partial charge in [0, 0.05) is 0 Å². The summed E-state index contributed by atoms with van der Waals surface area (Å²) in [6.45, 7) is 2.99. The summed E-state index contributed by atoms with van der Waals surface area (Å²) in [4.78, 5) is 33.9. The Hall–Kier alpha value is -1.39. The van der Waals surface area contributed by atoms with Crippen LogP contribution >= 0.6 is 0 Å². The monoisotopic (exact) mass is 228 g/mol. The van der Waals surface area contributed by atoms with E-state index in [4.69, 9.17) is 4.74 Å². The number of carbonyl (C=O) groups excluding carboxylic acids is 3. The number of hydrogen-bond acceptors (Lipinski definition) is 5. The van der Waals surface area contributed by atoms with Crippen LogP contribution in [0.15, 0.2) is 0 Å². The molecule has 16 heavy (non-hydrogen) atoms. The van der Waals surface area contributed by atoms with Gasteiger partial charge in [-0.1, -0.05) is 6.42 Å². The molecular weight excluding hydrogens is 212 g/mol. The van der Waals surface area contributed by atoms with Gasteiger partial charge in [0.2, 0.25) is 0 Å². The first-order valence-electron chi connectivity index (χ1n) is 5.43. The summed E-state index contributed by atoms with van der Waals surface area (Å²) in [6.07, 6.45) is 1.13. The van der Waals surface area contributed by atoms with Crippen LogP contribution in [0.5, 0.6) is 0 Å². The zero-order valence-electron chi connectivity index (χ0n) is 9.52. The van der Waals surface area contributed by atoms with Crippen molar-refractivity contribution < 1.29 is 23.9 Å². The molecule has 0 aromatic carbocycles. The van der Waals surface area contributed by atoms with Crippen LogP contribution in [0.2, 0.25) is 0 Å². The fraction of sp³-hybridized carbons (Fsp3) is 0.727. The molecule has 0 saturated heterocycles. The second-order valence-electron chi connectivity index (χ2n) is 3.81. The van der Waals surface area contributed by atoms with Gasteiger partial charge in [0.15, 0.2) is 5.78 Å². The molecular formula is C11H16O5. The van der Waals surface area contributed by atoms with E-state index in [9.17, 15) is 14.4 Å². The first-order valence-corrected chi connectivity index (χ1v) is 5.43. The van der Waals surface area contributed by atoms with Crippen molar-refractivity contribution in [2.24, 2.45) is 5.92 Å². The Morgan fingerprint density at radius 2 is 1.94 bits per heavy atom. The maximum Gasteiger partial charge on any atom is 0.355 e. The van der Waals surface area contributed by atoms with Crippen LogP contribution in [0.1, 0.15) is 33.1 Å². The quantitative estimate of drug-likeness (QED) is 0.515. The van der Waals surface area contributed by atoms with Crippen molar-refractivity contribution in [3.63, 3.8) is 0 Å². The summed E-state index contributed by atoms with van der Waals surface area (Å²) < 4.78 is 9.53. The van der Waals surface area contributed by atoms with Gasteiger partial charge in [-0.2, -0.15) is 0 Å². The van der Waals surface area contributed by atoms with E-state index in [0.29, 0.717) is 0 Å². The Labute approximate surface area is 94.1 Å². The predicted molar refractivity (Wildman–Crippen MR) is 54.5 cm³/mol. The molecule has 1 unspecified atom stereocenters. The molecule has 1 aliphatic rings. The van der Waals surface area contributed by atoms with Crippen molar-refractivity contribution in [1.82, 2.24) is 0 Å². The van der Waals surface area contributed by atoms with Crippen LogP contribution in [0, 0.1) is 5.92 Å². The van der Waals surface area contributed by atoms with Gasteiger partial charge in [-0.25, -0.2) is 4.79 Å². The van der Waals surface area contributed by atoms with Crippen LogP contribution in [-0.2, 0) is 23.9 Å². The minimum absolute atomic E-state index is 0.156. The van der Waals surface area contributed by atoms with Crippen molar-refractivity contribution >= 4 is 17.7 Å². The minimum Gasteiger partial charge on any atom is -0.463 e. The van der Waals surface area contributed by atoms with E-state index < -0.39 is 23.8 Å². The molecule has 0 aromatic heterocycles. The Kier molecular flexibility index (Phi) is 4.46. The maximum atomic E-state index is 11.5. The molecule has 1 fully saturated rings. The van der Waals surface area contributed by atoms with E-state index in [1.54, 1.807) is 6.92 Å². The van der Waals surface area contributed by atoms with Crippen LogP contribution < -0.4 is 0 Å². The highest BCUT2D eigenvalue weighted by Crippen LogP contribution is 2.27. The molecule has 0 N–H and O–H groups in total. The fourth-order valence-electron chi connectivity index (χ4n) is 1.37. The third-order valence-corrected chi connectivity index (χ3v) is 2.54. The summed E-state index contributed by atoms with van der Waals surface area (Å²) in [5.41, 5.74) is 0. The summed E-state index contributed by atoms with van der Waals surface area (Å²) in [5, 5.41) is 0. The molecule has 1 rings (SSSR count). The van der Waals surface area contributed by atoms with Gasteiger partial charge in [0.25, 0.3) is 6.10 Å². The molecule has 0 bridgehead atoms. The van der Waals surface area contributed by atoms with E-state index in [1.165, 1.54) is 6.92 Å². The van der Waals surface area contributed by atoms with Gasteiger partial charge in [-0.3, -0.25) is 9.59 Å². The highest BCUT2D eigenvalue weighted by molar-refractivity contribution is 6.02. The first kappa shape index (κ1) is 12.7. The van der Waals surface area contributed by atoms with Crippen molar-refractivity contribution in [2.45, 2.75) is 39.2 Å². The topological polar surface area (TPSA) is 69.7 Å². The fourth-order valence-corrected chi connectivity index (χ4v) is 1.37. The van der Waals surface area contributed by atoms with E-state index in [-0.39, 0.29) is 12.5 Å². The SMILES string of the molecule is CCOC(=O)C(OC(=O)C1CCC1)C(C)=O. The molecule has 0 aromatic rings.